The lowest BCUT2D eigenvalue weighted by Crippen LogP contribution is -2.22. The van der Waals surface area contributed by atoms with Crippen LogP contribution in [0.5, 0.6) is 0 Å². The molecular weight excluding hydrogens is 723 g/mol. The van der Waals surface area contributed by atoms with Crippen LogP contribution in [0, 0.1) is 62.3 Å². The summed E-state index contributed by atoms with van der Waals surface area (Å²) in [7, 11) is 0. The molecule has 6 aromatic rings. The predicted octanol–water partition coefficient (Wildman–Crippen LogP) is 11.8. The average molecular weight is 774 g/mol. The molecule has 0 amide bonds. The molecule has 0 heterocycles. The first-order chi connectivity index (χ1) is 27.5. The summed E-state index contributed by atoms with van der Waals surface area (Å²) in [5, 5.41) is 29.0. The van der Waals surface area contributed by atoms with Gasteiger partial charge in [0.15, 0.2) is 0 Å². The van der Waals surface area contributed by atoms with Crippen molar-refractivity contribution in [3.05, 3.63) is 191 Å². The molecule has 0 atom stereocenters. The van der Waals surface area contributed by atoms with Gasteiger partial charge in [-0.15, -0.1) is 0 Å². The van der Waals surface area contributed by atoms with Crippen molar-refractivity contribution >= 4 is 35.0 Å². The number of carboxylic acid groups (broad SMARTS) is 3. The van der Waals surface area contributed by atoms with Gasteiger partial charge in [-0.3, -0.25) is 0 Å². The van der Waals surface area contributed by atoms with Gasteiger partial charge in [-0.1, -0.05) is 54.6 Å². The number of carbonyl (C=O) groups is 3. The van der Waals surface area contributed by atoms with Crippen molar-refractivity contribution in [3.8, 4) is 0 Å². The molecule has 6 aromatic carbocycles. The van der Waals surface area contributed by atoms with E-state index in [4.69, 9.17) is 0 Å². The van der Waals surface area contributed by atoms with Crippen molar-refractivity contribution in [1.29, 1.82) is 0 Å². The molecule has 3 N–H and O–H groups in total. The largest absolute Gasteiger partial charge is 0.478 e. The van der Waals surface area contributed by atoms with Crippen LogP contribution in [-0.2, 0) is 19.3 Å². The molecule has 7 heteroatoms. The van der Waals surface area contributed by atoms with Gasteiger partial charge in [0.25, 0.3) is 0 Å². The molecule has 296 valence electrons. The van der Waals surface area contributed by atoms with Crippen LogP contribution in [0.4, 0.5) is 17.1 Å². The van der Waals surface area contributed by atoms with Crippen LogP contribution in [0.2, 0.25) is 0 Å². The Hall–Kier alpha value is -6.47. The highest BCUT2D eigenvalue weighted by molar-refractivity contribution is 5.91. The second-order valence-corrected chi connectivity index (χ2v) is 15.8. The van der Waals surface area contributed by atoms with Crippen LogP contribution in [0.25, 0.3) is 0 Å². The van der Waals surface area contributed by atoms with Crippen LogP contribution >= 0.6 is 0 Å². The summed E-state index contributed by atoms with van der Waals surface area (Å²) in [6.07, 6.45) is 1.68. The van der Waals surface area contributed by atoms with Gasteiger partial charge >= 0.3 is 17.9 Å². The number of aryl methyl sites for hydroxylation is 6. The Labute approximate surface area is 341 Å². The van der Waals surface area contributed by atoms with Crippen LogP contribution in [0.1, 0.15) is 115 Å². The number of rotatable bonds is 12. The quantitative estimate of drug-likeness (QED) is 0.113. The zero-order valence-electron chi connectivity index (χ0n) is 34.8. The standard InChI is InChI=1S/C51H51NO6/c1-28-22-31(4)43(25-37-10-16-40(17-11-37)49(53)54)46(34(28)7)52(47-35(8)29(2)23-32(5)44(47)26-38-12-18-41(19-13-38)50(55)56)48-36(9)30(3)24-33(6)45(48)27-39-14-20-42(21-15-39)51(57)58/h10-24H,25-27H2,1-9H3,(H,53,54)(H,55,56)(H,57,58). The van der Waals surface area contributed by atoms with Gasteiger partial charge in [-0.05, 0) is 201 Å². The van der Waals surface area contributed by atoms with Gasteiger partial charge in [-0.25, -0.2) is 14.4 Å². The fraction of sp³-hybridized carbons (Fsp3) is 0.235. The number of hydrogen-bond acceptors (Lipinski definition) is 4. The number of benzene rings is 6. The number of carboxylic acids is 3. The van der Waals surface area contributed by atoms with E-state index in [0.717, 1.165) is 101 Å². The minimum atomic E-state index is -0.966. The van der Waals surface area contributed by atoms with Gasteiger partial charge in [0.05, 0.1) is 33.8 Å². The molecule has 0 saturated heterocycles. The monoisotopic (exact) mass is 773 g/mol. The summed E-state index contributed by atoms with van der Waals surface area (Å²) in [6.45, 7) is 19.4. The molecule has 0 spiro atoms. The maximum atomic E-state index is 11.8. The number of nitrogens with zero attached hydrogens (tertiary/aromatic N) is 1. The second kappa shape index (κ2) is 16.6. The van der Waals surface area contributed by atoms with E-state index in [1.165, 1.54) is 0 Å². The zero-order chi connectivity index (χ0) is 42.2. The molecule has 0 saturated carbocycles. The van der Waals surface area contributed by atoms with Gasteiger partial charge in [0.2, 0.25) is 0 Å². The fourth-order valence-electron chi connectivity index (χ4n) is 8.18. The van der Waals surface area contributed by atoms with E-state index in [1.807, 2.05) is 36.4 Å². The number of hydrogen-bond donors (Lipinski definition) is 3. The Morgan fingerprint density at radius 2 is 0.603 bits per heavy atom. The number of anilines is 3. The van der Waals surface area contributed by atoms with E-state index in [9.17, 15) is 29.7 Å². The van der Waals surface area contributed by atoms with Gasteiger partial charge < -0.3 is 20.2 Å². The Morgan fingerprint density at radius 3 is 0.810 bits per heavy atom. The van der Waals surface area contributed by atoms with E-state index in [2.05, 4.69) is 85.4 Å². The molecule has 6 rings (SSSR count). The van der Waals surface area contributed by atoms with Gasteiger partial charge in [-0.2, -0.15) is 0 Å². The molecule has 58 heavy (non-hydrogen) atoms. The first-order valence-corrected chi connectivity index (χ1v) is 19.5. The van der Waals surface area contributed by atoms with Crippen LogP contribution in [0.3, 0.4) is 0 Å². The van der Waals surface area contributed by atoms with E-state index >= 15 is 0 Å². The topological polar surface area (TPSA) is 115 Å². The molecule has 0 bridgehead atoms. The molecule has 0 radical (unpaired) electrons. The van der Waals surface area contributed by atoms with Crippen molar-refractivity contribution < 1.29 is 29.7 Å². The lowest BCUT2D eigenvalue weighted by atomic mass is 9.86. The summed E-state index contributed by atoms with van der Waals surface area (Å²) in [6, 6.07) is 28.1. The van der Waals surface area contributed by atoms with Crippen molar-refractivity contribution in [2.75, 3.05) is 4.90 Å². The van der Waals surface area contributed by atoms with E-state index in [0.29, 0.717) is 19.3 Å². The van der Waals surface area contributed by atoms with Crippen LogP contribution in [-0.4, -0.2) is 33.2 Å². The number of aromatic carboxylic acids is 3. The van der Waals surface area contributed by atoms with Crippen LogP contribution < -0.4 is 4.90 Å². The fourth-order valence-corrected chi connectivity index (χ4v) is 8.18. The maximum Gasteiger partial charge on any atom is 0.335 e. The highest BCUT2D eigenvalue weighted by Gasteiger charge is 2.30. The Balaban J connectivity index is 1.72. The Kier molecular flexibility index (Phi) is 11.8. The summed E-state index contributed by atoms with van der Waals surface area (Å²) in [4.78, 5) is 37.9. The SMILES string of the molecule is Cc1cc(C)c(Cc2ccc(C(=O)O)cc2)c(N(c2c(C)c(C)cc(C)c2Cc2ccc(C(=O)O)cc2)c2c(C)c(C)cc(C)c2Cc2ccc(C(=O)O)cc2)c1C. The molecule has 0 aliphatic heterocycles. The minimum absolute atomic E-state index is 0.237. The summed E-state index contributed by atoms with van der Waals surface area (Å²) in [5.74, 6) is -2.90. The molecule has 7 nitrogen and oxygen atoms in total. The third kappa shape index (κ3) is 8.16. The van der Waals surface area contributed by atoms with Crippen molar-refractivity contribution in [2.24, 2.45) is 0 Å². The Bertz CT molecular complexity index is 2290. The second-order valence-electron chi connectivity index (χ2n) is 15.8. The van der Waals surface area contributed by atoms with E-state index in [-0.39, 0.29) is 16.7 Å². The smallest absolute Gasteiger partial charge is 0.335 e. The lowest BCUT2D eigenvalue weighted by molar-refractivity contribution is 0.0686. The lowest BCUT2D eigenvalue weighted by Gasteiger charge is -2.38. The molecule has 0 aliphatic carbocycles. The van der Waals surface area contributed by atoms with Crippen molar-refractivity contribution in [3.63, 3.8) is 0 Å². The van der Waals surface area contributed by atoms with Crippen LogP contribution in [0.15, 0.2) is 91.0 Å². The highest BCUT2D eigenvalue weighted by atomic mass is 16.4. The first-order valence-electron chi connectivity index (χ1n) is 19.5. The predicted molar refractivity (Wildman–Crippen MR) is 232 cm³/mol. The molecule has 0 fully saturated rings. The summed E-state index contributed by atoms with van der Waals surface area (Å²) >= 11 is 0. The third-order valence-electron chi connectivity index (χ3n) is 11.8. The molecular formula is C51H51NO6. The van der Waals surface area contributed by atoms with Crippen molar-refractivity contribution in [1.82, 2.24) is 0 Å². The normalized spacial score (nSPS) is 11.1. The average Bonchev–Trinajstić information content (AvgIpc) is 3.18. The first kappa shape index (κ1) is 41.2. The molecule has 0 unspecified atom stereocenters. The zero-order valence-corrected chi connectivity index (χ0v) is 34.8. The summed E-state index contributed by atoms with van der Waals surface area (Å²) < 4.78 is 0. The molecule has 0 aromatic heterocycles. The van der Waals surface area contributed by atoms with E-state index in [1.54, 1.807) is 36.4 Å². The third-order valence-corrected chi connectivity index (χ3v) is 11.8. The summed E-state index contributed by atoms with van der Waals surface area (Å²) in [5.41, 5.74) is 20.4. The maximum absolute atomic E-state index is 11.8. The van der Waals surface area contributed by atoms with Gasteiger partial charge in [0.1, 0.15) is 0 Å². The minimum Gasteiger partial charge on any atom is -0.478 e. The highest BCUT2D eigenvalue weighted by Crippen LogP contribution is 2.49. The van der Waals surface area contributed by atoms with Crippen molar-refractivity contribution in [2.45, 2.75) is 81.6 Å². The Morgan fingerprint density at radius 1 is 0.379 bits per heavy atom. The molecule has 0 aliphatic rings. The van der Waals surface area contributed by atoms with Gasteiger partial charge in [0, 0.05) is 0 Å². The van der Waals surface area contributed by atoms with E-state index < -0.39 is 17.9 Å².